The monoisotopic (exact) mass is 257 g/mol. The molecular weight excluding hydrogens is 230 g/mol. The van der Waals surface area contributed by atoms with E-state index in [-0.39, 0.29) is 0 Å². The molecule has 0 unspecified atom stereocenters. The Morgan fingerprint density at radius 2 is 1.74 bits per heavy atom. The highest BCUT2D eigenvalue weighted by atomic mass is 14.8. The molecule has 0 bridgehead atoms. The van der Waals surface area contributed by atoms with Crippen LogP contribution in [0, 0.1) is 19.8 Å². The summed E-state index contributed by atoms with van der Waals surface area (Å²) in [4.78, 5) is 0. The van der Waals surface area contributed by atoms with Crippen molar-refractivity contribution in [3.63, 3.8) is 0 Å². The number of aryl methyl sites for hydroxylation is 2. The van der Waals surface area contributed by atoms with Gasteiger partial charge in [-0.1, -0.05) is 60.2 Å². The van der Waals surface area contributed by atoms with Gasteiger partial charge in [0.05, 0.1) is 0 Å². The molecule has 1 aromatic carbocycles. The second kappa shape index (κ2) is 6.91. The van der Waals surface area contributed by atoms with Crippen LogP contribution in [-0.2, 0) is 0 Å². The van der Waals surface area contributed by atoms with Crippen molar-refractivity contribution in [1.29, 1.82) is 0 Å². The second-order valence-corrected chi connectivity index (χ2v) is 6.01. The zero-order valence-electron chi connectivity index (χ0n) is 12.6. The number of rotatable bonds is 4. The molecule has 104 valence electrons. The smallest absolute Gasteiger partial charge is 0.0167 e. The average Bonchev–Trinajstić information content (AvgIpc) is 2.38. The van der Waals surface area contributed by atoms with Gasteiger partial charge >= 0.3 is 0 Å². The van der Waals surface area contributed by atoms with Crippen molar-refractivity contribution in [1.82, 2.24) is 5.32 Å². The first-order valence-corrected chi connectivity index (χ1v) is 7.62. The Bertz CT molecular complexity index is 419. The topological polar surface area (TPSA) is 12.0 Å². The predicted octanol–water partition coefficient (Wildman–Crippen LogP) is 4.49. The lowest BCUT2D eigenvalue weighted by atomic mass is 9.83. The summed E-state index contributed by atoms with van der Waals surface area (Å²) in [7, 11) is 2.05. The number of hydrogen-bond acceptors (Lipinski definition) is 1. The van der Waals surface area contributed by atoms with Gasteiger partial charge in [-0.3, -0.25) is 0 Å². The molecule has 0 aromatic heterocycles. The van der Waals surface area contributed by atoms with Crippen molar-refractivity contribution in [2.45, 2.75) is 46.0 Å². The zero-order chi connectivity index (χ0) is 13.7. The number of likely N-dealkylation sites (N-methyl/N-ethyl adjacent to an activating group) is 1. The maximum absolute atomic E-state index is 3.35. The Kier molecular flexibility index (Phi) is 5.21. The maximum Gasteiger partial charge on any atom is 0.0167 e. The van der Waals surface area contributed by atoms with Gasteiger partial charge in [0.2, 0.25) is 0 Å². The molecule has 1 N–H and O–H groups in total. The van der Waals surface area contributed by atoms with Crippen molar-refractivity contribution in [2.24, 2.45) is 5.92 Å². The van der Waals surface area contributed by atoms with Crippen LogP contribution in [0.1, 0.15) is 48.8 Å². The molecule has 1 aliphatic rings. The van der Waals surface area contributed by atoms with Gasteiger partial charge in [-0.15, -0.1) is 0 Å². The highest BCUT2D eigenvalue weighted by Crippen LogP contribution is 2.30. The van der Waals surface area contributed by atoms with Crippen LogP contribution in [0.5, 0.6) is 0 Å². The molecule has 0 saturated heterocycles. The summed E-state index contributed by atoms with van der Waals surface area (Å²) in [5, 5.41) is 3.35. The summed E-state index contributed by atoms with van der Waals surface area (Å²) >= 11 is 0. The summed E-state index contributed by atoms with van der Waals surface area (Å²) in [6.07, 6.45) is 9.40. The van der Waals surface area contributed by atoms with E-state index in [2.05, 4.69) is 50.5 Å². The fourth-order valence-corrected chi connectivity index (χ4v) is 3.30. The van der Waals surface area contributed by atoms with Crippen LogP contribution in [0.3, 0.4) is 0 Å². The van der Waals surface area contributed by atoms with Gasteiger partial charge in [0.1, 0.15) is 0 Å². The van der Waals surface area contributed by atoms with Gasteiger partial charge in [-0.2, -0.15) is 0 Å². The summed E-state index contributed by atoms with van der Waals surface area (Å²) in [6, 6.07) is 6.84. The third-order valence-corrected chi connectivity index (χ3v) is 4.11. The quantitative estimate of drug-likeness (QED) is 0.838. The van der Waals surface area contributed by atoms with Gasteiger partial charge in [0.25, 0.3) is 0 Å². The predicted molar refractivity (Wildman–Crippen MR) is 84.4 cm³/mol. The largest absolute Gasteiger partial charge is 0.316 e. The van der Waals surface area contributed by atoms with Gasteiger partial charge in [0, 0.05) is 6.54 Å². The number of nitrogens with one attached hydrogen (secondary N) is 1. The Labute approximate surface area is 118 Å². The van der Waals surface area contributed by atoms with Crippen molar-refractivity contribution >= 4 is 6.08 Å². The van der Waals surface area contributed by atoms with Gasteiger partial charge in [-0.05, 0) is 45.2 Å². The van der Waals surface area contributed by atoms with Gasteiger partial charge in [-0.25, -0.2) is 0 Å². The molecule has 0 spiro atoms. The molecule has 1 saturated carbocycles. The molecule has 0 aliphatic heterocycles. The highest BCUT2D eigenvalue weighted by molar-refractivity contribution is 5.56. The minimum Gasteiger partial charge on any atom is -0.316 e. The molecule has 0 atom stereocenters. The molecule has 1 heteroatoms. The summed E-state index contributed by atoms with van der Waals surface area (Å²) < 4.78 is 0. The van der Waals surface area contributed by atoms with Crippen LogP contribution >= 0.6 is 0 Å². The minimum atomic E-state index is 0.794. The van der Waals surface area contributed by atoms with E-state index in [0.717, 1.165) is 12.5 Å². The maximum atomic E-state index is 3.35. The van der Waals surface area contributed by atoms with Crippen LogP contribution in [0.15, 0.2) is 23.8 Å². The molecule has 1 nitrogen and oxygen atoms in total. The lowest BCUT2D eigenvalue weighted by Crippen LogP contribution is -2.19. The standard InChI is InChI=1S/C18H27N/c1-14-9-15(2)11-16(10-14)12-18(13-19-3)17-7-5-4-6-8-17/h9-12,17,19H,4-8,13H2,1-3H3. The Balaban J connectivity index is 2.23. The average molecular weight is 257 g/mol. The van der Waals surface area contributed by atoms with Crippen molar-refractivity contribution in [3.05, 3.63) is 40.5 Å². The Morgan fingerprint density at radius 3 is 2.32 bits per heavy atom. The number of benzene rings is 1. The Hall–Kier alpha value is -1.08. The van der Waals surface area contributed by atoms with E-state index in [1.165, 1.54) is 48.8 Å². The zero-order valence-corrected chi connectivity index (χ0v) is 12.6. The molecule has 0 heterocycles. The molecule has 0 amide bonds. The van der Waals surface area contributed by atoms with E-state index in [4.69, 9.17) is 0 Å². The highest BCUT2D eigenvalue weighted by Gasteiger charge is 2.17. The summed E-state index contributed by atoms with van der Waals surface area (Å²) in [5.74, 6) is 0.794. The Morgan fingerprint density at radius 1 is 1.11 bits per heavy atom. The molecule has 1 aliphatic carbocycles. The molecule has 1 fully saturated rings. The van der Waals surface area contributed by atoms with E-state index in [1.54, 1.807) is 5.57 Å². The lowest BCUT2D eigenvalue weighted by molar-refractivity contribution is 0.398. The fraction of sp³-hybridized carbons (Fsp3) is 0.556. The first kappa shape index (κ1) is 14.3. The van der Waals surface area contributed by atoms with E-state index < -0.39 is 0 Å². The molecule has 19 heavy (non-hydrogen) atoms. The number of hydrogen-bond donors (Lipinski definition) is 1. The molecule has 2 rings (SSSR count). The van der Waals surface area contributed by atoms with E-state index >= 15 is 0 Å². The SMILES string of the molecule is CNCC(=Cc1cc(C)cc(C)c1)C1CCCCC1. The van der Waals surface area contributed by atoms with Gasteiger partial charge in [0.15, 0.2) is 0 Å². The van der Waals surface area contributed by atoms with Crippen molar-refractivity contribution in [2.75, 3.05) is 13.6 Å². The van der Waals surface area contributed by atoms with Crippen LogP contribution < -0.4 is 5.32 Å². The minimum absolute atomic E-state index is 0.794. The van der Waals surface area contributed by atoms with Gasteiger partial charge < -0.3 is 5.32 Å². The second-order valence-electron chi connectivity index (χ2n) is 6.01. The van der Waals surface area contributed by atoms with Crippen LogP contribution in [0.25, 0.3) is 6.08 Å². The third-order valence-electron chi connectivity index (χ3n) is 4.11. The van der Waals surface area contributed by atoms with Crippen molar-refractivity contribution in [3.8, 4) is 0 Å². The van der Waals surface area contributed by atoms with Crippen LogP contribution in [-0.4, -0.2) is 13.6 Å². The van der Waals surface area contributed by atoms with E-state index in [9.17, 15) is 0 Å². The van der Waals surface area contributed by atoms with E-state index in [0.29, 0.717) is 0 Å². The molecule has 1 aromatic rings. The fourth-order valence-electron chi connectivity index (χ4n) is 3.30. The summed E-state index contributed by atoms with van der Waals surface area (Å²) in [5.41, 5.74) is 5.68. The third kappa shape index (κ3) is 4.21. The first-order chi connectivity index (χ1) is 9.19. The lowest BCUT2D eigenvalue weighted by Gasteiger charge is -2.24. The summed E-state index contributed by atoms with van der Waals surface area (Å²) in [6.45, 7) is 5.39. The normalized spacial score (nSPS) is 17.7. The first-order valence-electron chi connectivity index (χ1n) is 7.62. The van der Waals surface area contributed by atoms with E-state index in [1.807, 2.05) is 0 Å². The van der Waals surface area contributed by atoms with Crippen LogP contribution in [0.4, 0.5) is 0 Å². The molecule has 0 radical (unpaired) electrons. The van der Waals surface area contributed by atoms with Crippen molar-refractivity contribution < 1.29 is 0 Å². The molecular formula is C18H27N. The van der Waals surface area contributed by atoms with Crippen LogP contribution in [0.2, 0.25) is 0 Å².